The van der Waals surface area contributed by atoms with Crippen LogP contribution in [0.3, 0.4) is 0 Å². The van der Waals surface area contributed by atoms with Gasteiger partial charge in [0.15, 0.2) is 12.4 Å². The zero-order valence-corrected chi connectivity index (χ0v) is 34.7. The zero-order chi connectivity index (χ0) is 40.2. The molecule has 0 aromatic carbocycles. The molecular formula is C45H80O10. The fourth-order valence-corrected chi connectivity index (χ4v) is 6.45. The molecular weight excluding hydrogens is 700 g/mol. The summed E-state index contributed by atoms with van der Waals surface area (Å²) >= 11 is 0. The van der Waals surface area contributed by atoms with E-state index in [1.165, 1.54) is 70.6 Å². The van der Waals surface area contributed by atoms with Crippen LogP contribution in [0.15, 0.2) is 36.5 Å². The molecule has 1 aliphatic rings. The van der Waals surface area contributed by atoms with Gasteiger partial charge in [0, 0.05) is 12.8 Å². The second-order valence-corrected chi connectivity index (χ2v) is 15.1. The highest BCUT2D eigenvalue weighted by Crippen LogP contribution is 2.22. The molecule has 6 atom stereocenters. The number of ether oxygens (including phenoxy) is 4. The second kappa shape index (κ2) is 36.3. The summed E-state index contributed by atoms with van der Waals surface area (Å²) in [6.45, 7) is 3.36. The SMILES string of the molecule is CCCCC/C=C/C/C=C/CCCCCCCCCC(=O)OC[C@@H](CO[C@H]1O[C@@H](CO)[C@@H](O)C(O)C1O)OC(=O)CCCCCCC/C=C/CCCCCC. The van der Waals surface area contributed by atoms with E-state index in [1.54, 1.807) is 0 Å². The predicted octanol–water partition coefficient (Wildman–Crippen LogP) is 9.11. The van der Waals surface area contributed by atoms with E-state index in [-0.39, 0.29) is 32.0 Å². The zero-order valence-electron chi connectivity index (χ0n) is 34.7. The molecule has 1 heterocycles. The van der Waals surface area contributed by atoms with Gasteiger partial charge in [-0.3, -0.25) is 9.59 Å². The molecule has 0 amide bonds. The Hall–Kier alpha value is -2.08. The summed E-state index contributed by atoms with van der Waals surface area (Å²) in [4.78, 5) is 25.3. The van der Waals surface area contributed by atoms with Crippen molar-refractivity contribution in [3.8, 4) is 0 Å². The van der Waals surface area contributed by atoms with Gasteiger partial charge >= 0.3 is 11.9 Å². The van der Waals surface area contributed by atoms with Gasteiger partial charge in [-0.1, -0.05) is 134 Å². The molecule has 1 saturated heterocycles. The Morgan fingerprint density at radius 1 is 0.564 bits per heavy atom. The summed E-state index contributed by atoms with van der Waals surface area (Å²) < 4.78 is 22.1. The normalized spacial score (nSPS) is 20.9. The number of aliphatic hydroxyl groups is 4. The molecule has 1 rings (SSSR count). The largest absolute Gasteiger partial charge is 0.462 e. The highest BCUT2D eigenvalue weighted by atomic mass is 16.7. The van der Waals surface area contributed by atoms with E-state index >= 15 is 0 Å². The number of allylic oxidation sites excluding steroid dienone is 6. The molecule has 2 unspecified atom stereocenters. The predicted molar refractivity (Wildman–Crippen MR) is 219 cm³/mol. The maximum atomic E-state index is 12.7. The van der Waals surface area contributed by atoms with Crippen molar-refractivity contribution in [2.24, 2.45) is 0 Å². The lowest BCUT2D eigenvalue weighted by Crippen LogP contribution is -2.59. The first-order chi connectivity index (χ1) is 26.8. The molecule has 0 aromatic heterocycles. The highest BCUT2D eigenvalue weighted by Gasteiger charge is 2.44. The number of rotatable bonds is 36. The van der Waals surface area contributed by atoms with E-state index in [0.29, 0.717) is 12.8 Å². The lowest BCUT2D eigenvalue weighted by molar-refractivity contribution is -0.305. The first-order valence-corrected chi connectivity index (χ1v) is 22.1. The van der Waals surface area contributed by atoms with Gasteiger partial charge < -0.3 is 39.4 Å². The van der Waals surface area contributed by atoms with Crippen LogP contribution in [0.2, 0.25) is 0 Å². The fraction of sp³-hybridized carbons (Fsp3) is 0.822. The summed E-state index contributed by atoms with van der Waals surface area (Å²) in [6.07, 6.45) is 32.9. The van der Waals surface area contributed by atoms with Crippen LogP contribution in [0.25, 0.3) is 0 Å². The lowest BCUT2D eigenvalue weighted by atomic mass is 9.99. The van der Waals surface area contributed by atoms with Gasteiger partial charge in [-0.05, 0) is 70.6 Å². The molecule has 55 heavy (non-hydrogen) atoms. The molecule has 320 valence electrons. The van der Waals surface area contributed by atoms with Crippen LogP contribution in [0, 0.1) is 0 Å². The van der Waals surface area contributed by atoms with Gasteiger partial charge in [-0.15, -0.1) is 0 Å². The van der Waals surface area contributed by atoms with Crippen LogP contribution in [-0.2, 0) is 28.5 Å². The second-order valence-electron chi connectivity index (χ2n) is 15.1. The van der Waals surface area contributed by atoms with Crippen molar-refractivity contribution in [1.29, 1.82) is 0 Å². The number of unbranched alkanes of at least 4 members (excludes halogenated alkanes) is 19. The summed E-state index contributed by atoms with van der Waals surface area (Å²) in [5.41, 5.74) is 0. The van der Waals surface area contributed by atoms with Gasteiger partial charge in [0.05, 0.1) is 13.2 Å². The van der Waals surface area contributed by atoms with Crippen molar-refractivity contribution in [3.05, 3.63) is 36.5 Å². The minimum absolute atomic E-state index is 0.218. The van der Waals surface area contributed by atoms with Crippen molar-refractivity contribution in [3.63, 3.8) is 0 Å². The monoisotopic (exact) mass is 781 g/mol. The third-order valence-corrected chi connectivity index (χ3v) is 10.00. The smallest absolute Gasteiger partial charge is 0.306 e. The third-order valence-electron chi connectivity index (χ3n) is 10.00. The molecule has 0 aliphatic carbocycles. The Kier molecular flexibility index (Phi) is 33.6. The molecule has 0 bridgehead atoms. The van der Waals surface area contributed by atoms with Crippen LogP contribution in [0.4, 0.5) is 0 Å². The van der Waals surface area contributed by atoms with Crippen LogP contribution >= 0.6 is 0 Å². The van der Waals surface area contributed by atoms with E-state index in [9.17, 15) is 30.0 Å². The number of hydrogen-bond donors (Lipinski definition) is 4. The summed E-state index contributed by atoms with van der Waals surface area (Å²) in [7, 11) is 0. The number of esters is 2. The van der Waals surface area contributed by atoms with Gasteiger partial charge in [0.25, 0.3) is 0 Å². The number of aliphatic hydroxyl groups excluding tert-OH is 4. The molecule has 4 N–H and O–H groups in total. The minimum atomic E-state index is -1.60. The number of carbonyl (C=O) groups is 2. The van der Waals surface area contributed by atoms with Crippen LogP contribution in [0.1, 0.15) is 181 Å². The highest BCUT2D eigenvalue weighted by molar-refractivity contribution is 5.70. The Balaban J connectivity index is 2.34. The first-order valence-electron chi connectivity index (χ1n) is 22.1. The van der Waals surface area contributed by atoms with E-state index in [4.69, 9.17) is 18.9 Å². The van der Waals surface area contributed by atoms with Gasteiger partial charge in [0.2, 0.25) is 0 Å². The molecule has 0 saturated carbocycles. The standard InChI is InChI=1S/C45H80O10/c1-3-5-7-9-11-13-15-17-18-19-20-22-23-25-27-29-31-33-40(47)52-36-38(37-53-45-44(51)43(50)42(49)39(35-46)55-45)54-41(48)34-32-30-28-26-24-21-16-14-12-10-8-6-4-2/h11,13-14,16-18,38-39,42-46,49-51H,3-10,12,15,19-37H2,1-2H3/b13-11+,16-14+,18-17+/t38-,39-,42+,43?,44?,45-/m0/s1. The van der Waals surface area contributed by atoms with E-state index < -0.39 is 49.4 Å². The Labute approximate surface area is 334 Å². The van der Waals surface area contributed by atoms with Crippen molar-refractivity contribution < 1.29 is 49.0 Å². The van der Waals surface area contributed by atoms with Crippen LogP contribution < -0.4 is 0 Å². The van der Waals surface area contributed by atoms with E-state index in [1.807, 2.05) is 0 Å². The third kappa shape index (κ3) is 28.0. The molecule has 10 nitrogen and oxygen atoms in total. The molecule has 1 fully saturated rings. The Bertz CT molecular complexity index is 996. The number of hydrogen-bond acceptors (Lipinski definition) is 10. The lowest BCUT2D eigenvalue weighted by Gasteiger charge is -2.39. The summed E-state index contributed by atoms with van der Waals surface area (Å²) in [5, 5.41) is 40.0. The van der Waals surface area contributed by atoms with Crippen LogP contribution in [0.5, 0.6) is 0 Å². The Morgan fingerprint density at radius 3 is 1.56 bits per heavy atom. The maximum absolute atomic E-state index is 12.7. The molecule has 0 spiro atoms. The Morgan fingerprint density at radius 2 is 1.02 bits per heavy atom. The average Bonchev–Trinajstić information content (AvgIpc) is 3.18. The summed E-state index contributed by atoms with van der Waals surface area (Å²) in [6, 6.07) is 0. The molecule has 0 radical (unpaired) electrons. The van der Waals surface area contributed by atoms with Crippen LogP contribution in [-0.4, -0.2) is 89.0 Å². The van der Waals surface area contributed by atoms with Crippen molar-refractivity contribution in [2.75, 3.05) is 19.8 Å². The topological polar surface area (TPSA) is 152 Å². The van der Waals surface area contributed by atoms with E-state index in [2.05, 4.69) is 50.3 Å². The van der Waals surface area contributed by atoms with Crippen molar-refractivity contribution in [2.45, 2.75) is 218 Å². The molecule has 1 aliphatic heterocycles. The molecule has 0 aromatic rings. The summed E-state index contributed by atoms with van der Waals surface area (Å²) in [5.74, 6) is -0.825. The van der Waals surface area contributed by atoms with E-state index in [0.717, 1.165) is 70.6 Å². The van der Waals surface area contributed by atoms with Gasteiger partial charge in [-0.25, -0.2) is 0 Å². The molecule has 10 heteroatoms. The van der Waals surface area contributed by atoms with Gasteiger partial charge in [0.1, 0.15) is 31.0 Å². The maximum Gasteiger partial charge on any atom is 0.306 e. The average molecular weight is 781 g/mol. The fourth-order valence-electron chi connectivity index (χ4n) is 6.45. The minimum Gasteiger partial charge on any atom is -0.462 e. The number of carbonyl (C=O) groups excluding carboxylic acids is 2. The van der Waals surface area contributed by atoms with Crippen molar-refractivity contribution >= 4 is 11.9 Å². The quantitative estimate of drug-likeness (QED) is 0.0275. The first kappa shape index (κ1) is 50.9. The van der Waals surface area contributed by atoms with Crippen molar-refractivity contribution in [1.82, 2.24) is 0 Å². The van der Waals surface area contributed by atoms with Gasteiger partial charge in [-0.2, -0.15) is 0 Å².